The van der Waals surface area contributed by atoms with Gasteiger partial charge in [-0.3, -0.25) is 4.79 Å². The molecule has 3 heteroatoms. The molecule has 1 aromatic rings. The number of likely N-dealkylation sites (tertiary alicyclic amines) is 1. The fourth-order valence-corrected chi connectivity index (χ4v) is 2.78. The van der Waals surface area contributed by atoms with E-state index in [0.717, 1.165) is 38.9 Å². The van der Waals surface area contributed by atoms with Gasteiger partial charge in [0.1, 0.15) is 0 Å². The molecule has 1 fully saturated rings. The largest absolute Gasteiger partial charge is 0.339 e. The van der Waals surface area contributed by atoms with E-state index in [4.69, 9.17) is 0 Å². The molecule has 1 saturated heterocycles. The van der Waals surface area contributed by atoms with Crippen molar-refractivity contribution in [3.05, 3.63) is 35.9 Å². The minimum absolute atomic E-state index is 0.305. The van der Waals surface area contributed by atoms with Gasteiger partial charge in [0.15, 0.2) is 0 Å². The first-order valence-corrected chi connectivity index (χ1v) is 7.35. The Morgan fingerprint density at radius 2 is 2.16 bits per heavy atom. The molecule has 0 saturated carbocycles. The van der Waals surface area contributed by atoms with Gasteiger partial charge in [-0.1, -0.05) is 37.3 Å². The number of benzene rings is 1. The molecule has 1 N–H and O–H groups in total. The highest BCUT2D eigenvalue weighted by atomic mass is 16.2. The highest BCUT2D eigenvalue weighted by Gasteiger charge is 2.28. The Balaban J connectivity index is 1.88. The van der Waals surface area contributed by atoms with Crippen LogP contribution in [-0.2, 0) is 11.2 Å². The van der Waals surface area contributed by atoms with E-state index in [0.29, 0.717) is 18.4 Å². The summed E-state index contributed by atoms with van der Waals surface area (Å²) in [7, 11) is 0. The quantitative estimate of drug-likeness (QED) is 0.795. The maximum atomic E-state index is 12.2. The molecule has 1 aromatic carbocycles. The Bertz CT molecular complexity index is 391. The second kappa shape index (κ2) is 7.29. The summed E-state index contributed by atoms with van der Waals surface area (Å²) in [6.07, 6.45) is 3.90. The van der Waals surface area contributed by atoms with Crippen molar-refractivity contribution in [2.45, 2.75) is 38.6 Å². The molecule has 0 aromatic heterocycles. The van der Waals surface area contributed by atoms with Crippen molar-refractivity contribution in [1.82, 2.24) is 10.2 Å². The lowest BCUT2D eigenvalue weighted by Crippen LogP contribution is -2.38. The van der Waals surface area contributed by atoms with E-state index >= 15 is 0 Å². The Kier molecular flexibility index (Phi) is 5.40. The zero-order valence-electron chi connectivity index (χ0n) is 11.8. The van der Waals surface area contributed by atoms with Gasteiger partial charge in [-0.25, -0.2) is 0 Å². The fourth-order valence-electron chi connectivity index (χ4n) is 2.78. The molecule has 3 nitrogen and oxygen atoms in total. The van der Waals surface area contributed by atoms with Crippen LogP contribution in [0, 0.1) is 0 Å². The van der Waals surface area contributed by atoms with Crippen molar-refractivity contribution in [3.63, 3.8) is 0 Å². The minimum atomic E-state index is 0.305. The molecule has 1 atom stereocenters. The van der Waals surface area contributed by atoms with Crippen LogP contribution in [0.25, 0.3) is 0 Å². The Morgan fingerprint density at radius 1 is 1.37 bits per heavy atom. The molecule has 0 radical (unpaired) electrons. The number of nitrogens with one attached hydrogen (secondary N) is 1. The molecule has 1 unspecified atom stereocenters. The van der Waals surface area contributed by atoms with Gasteiger partial charge in [-0.05, 0) is 31.4 Å². The summed E-state index contributed by atoms with van der Waals surface area (Å²) < 4.78 is 0. The first-order valence-electron chi connectivity index (χ1n) is 7.35. The molecule has 2 rings (SSSR count). The average molecular weight is 260 g/mol. The topological polar surface area (TPSA) is 32.3 Å². The van der Waals surface area contributed by atoms with Crippen molar-refractivity contribution < 1.29 is 4.79 Å². The second-order valence-corrected chi connectivity index (χ2v) is 5.18. The van der Waals surface area contributed by atoms with Gasteiger partial charge in [0, 0.05) is 25.6 Å². The van der Waals surface area contributed by atoms with Crippen molar-refractivity contribution in [1.29, 1.82) is 0 Å². The highest BCUT2D eigenvalue weighted by molar-refractivity contribution is 5.77. The number of carbonyl (C=O) groups is 1. The van der Waals surface area contributed by atoms with Crippen LogP contribution < -0.4 is 5.32 Å². The number of hydrogen-bond donors (Lipinski definition) is 1. The molecule has 1 heterocycles. The molecule has 1 amide bonds. The lowest BCUT2D eigenvalue weighted by Gasteiger charge is -2.25. The van der Waals surface area contributed by atoms with Crippen LogP contribution in [0.2, 0.25) is 0 Å². The molecular formula is C16H24N2O. The van der Waals surface area contributed by atoms with E-state index in [-0.39, 0.29) is 0 Å². The Morgan fingerprint density at radius 3 is 2.89 bits per heavy atom. The number of amides is 1. The maximum absolute atomic E-state index is 12.2. The van der Waals surface area contributed by atoms with Crippen LogP contribution in [0.15, 0.2) is 30.3 Å². The summed E-state index contributed by atoms with van der Waals surface area (Å²) in [5.41, 5.74) is 1.33. The monoisotopic (exact) mass is 260 g/mol. The van der Waals surface area contributed by atoms with Gasteiger partial charge < -0.3 is 10.2 Å². The molecule has 104 valence electrons. The minimum Gasteiger partial charge on any atom is -0.339 e. The first-order chi connectivity index (χ1) is 9.31. The molecular weight excluding hydrogens is 236 g/mol. The normalized spacial score (nSPS) is 18.8. The summed E-state index contributed by atoms with van der Waals surface area (Å²) in [6.45, 7) is 4.73. The summed E-state index contributed by atoms with van der Waals surface area (Å²) in [4.78, 5) is 14.3. The average Bonchev–Trinajstić information content (AvgIpc) is 2.88. The molecule has 19 heavy (non-hydrogen) atoms. The number of rotatable bonds is 6. The highest BCUT2D eigenvalue weighted by Crippen LogP contribution is 2.21. The predicted molar refractivity (Wildman–Crippen MR) is 78.0 cm³/mol. The summed E-state index contributed by atoms with van der Waals surface area (Å²) >= 11 is 0. The summed E-state index contributed by atoms with van der Waals surface area (Å²) in [5, 5.41) is 3.22. The third kappa shape index (κ3) is 4.06. The number of carbonyl (C=O) groups excluding carboxylic acids is 1. The van der Waals surface area contributed by atoms with E-state index in [1.165, 1.54) is 5.56 Å². The van der Waals surface area contributed by atoms with Crippen LogP contribution in [0.3, 0.4) is 0 Å². The van der Waals surface area contributed by atoms with Crippen LogP contribution in [0.1, 0.15) is 31.7 Å². The van der Waals surface area contributed by atoms with Crippen LogP contribution >= 0.6 is 0 Å². The van der Waals surface area contributed by atoms with E-state index in [1.54, 1.807) is 0 Å². The van der Waals surface area contributed by atoms with Gasteiger partial charge in [0.2, 0.25) is 5.91 Å². The van der Waals surface area contributed by atoms with Gasteiger partial charge in [-0.15, -0.1) is 0 Å². The number of nitrogens with zero attached hydrogens (tertiary/aromatic N) is 1. The predicted octanol–water partition coefficient (Wildman–Crippen LogP) is 2.22. The zero-order valence-corrected chi connectivity index (χ0v) is 11.8. The molecule has 0 spiro atoms. The van der Waals surface area contributed by atoms with E-state index in [1.807, 2.05) is 6.07 Å². The molecule has 0 bridgehead atoms. The maximum Gasteiger partial charge on any atom is 0.224 e. The van der Waals surface area contributed by atoms with E-state index in [2.05, 4.69) is 41.4 Å². The van der Waals surface area contributed by atoms with Crippen molar-refractivity contribution >= 4 is 5.91 Å². The molecule has 0 aliphatic carbocycles. The lowest BCUT2D eigenvalue weighted by molar-refractivity contribution is -0.131. The molecule has 1 aliphatic heterocycles. The zero-order chi connectivity index (χ0) is 13.5. The van der Waals surface area contributed by atoms with Gasteiger partial charge in [-0.2, -0.15) is 0 Å². The van der Waals surface area contributed by atoms with Crippen molar-refractivity contribution in [3.8, 4) is 0 Å². The van der Waals surface area contributed by atoms with Crippen molar-refractivity contribution in [2.75, 3.05) is 19.6 Å². The third-order valence-electron chi connectivity index (χ3n) is 3.78. The second-order valence-electron chi connectivity index (χ2n) is 5.18. The van der Waals surface area contributed by atoms with Gasteiger partial charge >= 0.3 is 0 Å². The molecule has 1 aliphatic rings. The summed E-state index contributed by atoms with van der Waals surface area (Å²) in [5.74, 6) is 0.305. The fraction of sp³-hybridized carbons (Fsp3) is 0.562. The van der Waals surface area contributed by atoms with Crippen LogP contribution in [0.5, 0.6) is 0 Å². The SMILES string of the molecule is CCNCCC(=O)N1CCCC1Cc1ccccc1. The van der Waals surface area contributed by atoms with E-state index in [9.17, 15) is 4.79 Å². The smallest absolute Gasteiger partial charge is 0.224 e. The van der Waals surface area contributed by atoms with Crippen LogP contribution in [-0.4, -0.2) is 36.5 Å². The third-order valence-corrected chi connectivity index (χ3v) is 3.78. The van der Waals surface area contributed by atoms with Gasteiger partial charge in [0.25, 0.3) is 0 Å². The van der Waals surface area contributed by atoms with E-state index < -0.39 is 0 Å². The van der Waals surface area contributed by atoms with Gasteiger partial charge in [0.05, 0.1) is 0 Å². The van der Waals surface area contributed by atoms with Crippen LogP contribution in [0.4, 0.5) is 0 Å². The summed E-state index contributed by atoms with van der Waals surface area (Å²) in [6, 6.07) is 10.9. The van der Waals surface area contributed by atoms with Crippen molar-refractivity contribution in [2.24, 2.45) is 0 Å². The first kappa shape index (κ1) is 14.1. The Labute approximate surface area is 116 Å². The Hall–Kier alpha value is -1.35. The lowest BCUT2D eigenvalue weighted by atomic mass is 10.0. The number of hydrogen-bond acceptors (Lipinski definition) is 2. The standard InChI is InChI=1S/C16H24N2O/c1-2-17-11-10-16(19)18-12-6-9-15(18)13-14-7-4-3-5-8-14/h3-5,7-8,15,17H,2,6,9-13H2,1H3.